The first-order valence-electron chi connectivity index (χ1n) is 5.65. The van der Waals surface area contributed by atoms with Gasteiger partial charge in [0.1, 0.15) is 0 Å². The lowest BCUT2D eigenvalue weighted by molar-refractivity contribution is 0.0960. The number of halogens is 1. The molecule has 0 radical (unpaired) electrons. The number of nitrogens with zero attached hydrogens (tertiary/aromatic N) is 3. The molecule has 102 valence electrons. The number of thioether (sulfide) groups is 1. The summed E-state index contributed by atoms with van der Waals surface area (Å²) in [7, 11) is 0. The van der Waals surface area contributed by atoms with Crippen molar-refractivity contribution in [1.29, 1.82) is 0 Å². The maximum absolute atomic E-state index is 12.3. The quantitative estimate of drug-likeness (QED) is 0.355. The number of nitroso groups, excluding NO2 is 1. The molecule has 1 unspecified atom stereocenters. The molecule has 1 aromatic heterocycles. The number of ketones is 1. The van der Waals surface area contributed by atoms with Crippen LogP contribution in [0.3, 0.4) is 0 Å². The Morgan fingerprint density at radius 2 is 2.20 bits per heavy atom. The molecule has 5 nitrogen and oxygen atoms in total. The lowest BCUT2D eigenvalue weighted by Gasteiger charge is -2.08. The van der Waals surface area contributed by atoms with Gasteiger partial charge in [0, 0.05) is 16.2 Å². The standard InChI is InChI=1S/C13H10BrN3O2S/c1-20-13-15-6-5-10(16-13)11(17-19)12(18)8-3-2-4-9(14)7-8/h2-7,11H,1H3. The van der Waals surface area contributed by atoms with Crippen molar-refractivity contribution in [2.75, 3.05) is 6.26 Å². The van der Waals surface area contributed by atoms with Gasteiger partial charge in [-0.1, -0.05) is 45.0 Å². The summed E-state index contributed by atoms with van der Waals surface area (Å²) in [6, 6.07) is 7.20. The molecule has 0 N–H and O–H groups in total. The predicted octanol–water partition coefficient (Wildman–Crippen LogP) is 3.65. The van der Waals surface area contributed by atoms with E-state index in [-0.39, 0.29) is 5.78 Å². The van der Waals surface area contributed by atoms with E-state index in [1.54, 1.807) is 24.3 Å². The number of hydrogen-bond donors (Lipinski definition) is 0. The van der Waals surface area contributed by atoms with Crippen LogP contribution in [0.4, 0.5) is 0 Å². The molecule has 1 atom stereocenters. The number of carbonyl (C=O) groups is 1. The van der Waals surface area contributed by atoms with Crippen LogP contribution in [0.15, 0.2) is 51.3 Å². The summed E-state index contributed by atoms with van der Waals surface area (Å²) in [4.78, 5) is 31.6. The largest absolute Gasteiger partial charge is 0.291 e. The molecular formula is C13H10BrN3O2S. The lowest BCUT2D eigenvalue weighted by atomic mass is 10.0. The molecular weight excluding hydrogens is 342 g/mol. The van der Waals surface area contributed by atoms with Gasteiger partial charge < -0.3 is 0 Å². The molecule has 0 fully saturated rings. The third kappa shape index (κ3) is 3.29. The molecule has 0 aliphatic carbocycles. The first kappa shape index (κ1) is 14.8. The highest BCUT2D eigenvalue weighted by Gasteiger charge is 2.25. The Labute approximate surface area is 128 Å². The average molecular weight is 352 g/mol. The van der Waals surface area contributed by atoms with Crippen LogP contribution in [-0.4, -0.2) is 22.0 Å². The van der Waals surface area contributed by atoms with Crippen LogP contribution < -0.4 is 0 Å². The normalized spacial score (nSPS) is 11.9. The highest BCUT2D eigenvalue weighted by molar-refractivity contribution is 9.10. The maximum Gasteiger partial charge on any atom is 0.197 e. The van der Waals surface area contributed by atoms with Gasteiger partial charge in [-0.3, -0.25) is 4.79 Å². The second kappa shape index (κ2) is 6.71. The van der Waals surface area contributed by atoms with Gasteiger partial charge in [0.2, 0.25) is 0 Å². The first-order valence-corrected chi connectivity index (χ1v) is 7.66. The van der Waals surface area contributed by atoms with Crippen molar-refractivity contribution >= 4 is 33.5 Å². The van der Waals surface area contributed by atoms with E-state index >= 15 is 0 Å². The van der Waals surface area contributed by atoms with Crippen LogP contribution in [0.5, 0.6) is 0 Å². The first-order chi connectivity index (χ1) is 9.65. The summed E-state index contributed by atoms with van der Waals surface area (Å²) in [5.41, 5.74) is 0.720. The van der Waals surface area contributed by atoms with Gasteiger partial charge in [0.15, 0.2) is 17.0 Å². The minimum atomic E-state index is -1.15. The molecule has 1 heterocycles. The Morgan fingerprint density at radius 3 is 2.85 bits per heavy atom. The molecule has 0 aliphatic rings. The van der Waals surface area contributed by atoms with Gasteiger partial charge in [0.25, 0.3) is 0 Å². The van der Waals surface area contributed by atoms with Gasteiger partial charge in [0.05, 0.1) is 5.69 Å². The zero-order valence-corrected chi connectivity index (χ0v) is 12.9. The van der Waals surface area contributed by atoms with Crippen molar-refractivity contribution in [3.05, 3.63) is 57.2 Å². The molecule has 2 aromatic rings. The van der Waals surface area contributed by atoms with Crippen molar-refractivity contribution < 1.29 is 4.79 Å². The molecule has 7 heteroatoms. The van der Waals surface area contributed by atoms with Crippen LogP contribution in [0, 0.1) is 4.91 Å². The van der Waals surface area contributed by atoms with Gasteiger partial charge in [-0.25, -0.2) is 9.97 Å². The van der Waals surface area contributed by atoms with Crippen LogP contribution in [0.1, 0.15) is 22.1 Å². The van der Waals surface area contributed by atoms with E-state index in [0.29, 0.717) is 16.4 Å². The van der Waals surface area contributed by atoms with Crippen LogP contribution in [0.2, 0.25) is 0 Å². The Kier molecular flexibility index (Phi) is 4.97. The van der Waals surface area contributed by atoms with Crippen molar-refractivity contribution in [3.63, 3.8) is 0 Å². The summed E-state index contributed by atoms with van der Waals surface area (Å²) in [5.74, 6) is -0.382. The SMILES string of the molecule is CSc1nccc(C(N=O)C(=O)c2cccc(Br)c2)n1. The van der Waals surface area contributed by atoms with Crippen LogP contribution >= 0.6 is 27.7 Å². The van der Waals surface area contributed by atoms with Gasteiger partial charge >= 0.3 is 0 Å². The second-order valence-electron chi connectivity index (χ2n) is 3.85. The van der Waals surface area contributed by atoms with Gasteiger partial charge in [-0.15, -0.1) is 4.91 Å². The fourth-order valence-corrected chi connectivity index (χ4v) is 2.40. The van der Waals surface area contributed by atoms with Gasteiger partial charge in [-0.2, -0.15) is 0 Å². The number of carbonyl (C=O) groups excluding carboxylic acids is 1. The van der Waals surface area contributed by atoms with Crippen molar-refractivity contribution in [1.82, 2.24) is 9.97 Å². The molecule has 2 rings (SSSR count). The van der Waals surface area contributed by atoms with E-state index in [9.17, 15) is 9.70 Å². The maximum atomic E-state index is 12.3. The van der Waals surface area contributed by atoms with Crippen LogP contribution in [-0.2, 0) is 0 Å². The molecule has 0 aliphatic heterocycles. The van der Waals surface area contributed by atoms with E-state index in [2.05, 4.69) is 31.1 Å². The number of hydrogen-bond acceptors (Lipinski definition) is 6. The van der Waals surface area contributed by atoms with Crippen molar-refractivity contribution in [2.24, 2.45) is 5.18 Å². The van der Waals surface area contributed by atoms with Crippen molar-refractivity contribution in [3.8, 4) is 0 Å². The smallest absolute Gasteiger partial charge is 0.197 e. The summed E-state index contributed by atoms with van der Waals surface area (Å²) >= 11 is 4.63. The Bertz CT molecular complexity index is 651. The summed E-state index contributed by atoms with van der Waals surface area (Å²) in [5, 5.41) is 3.42. The fourth-order valence-electron chi connectivity index (χ4n) is 1.64. The topological polar surface area (TPSA) is 72.3 Å². The number of benzene rings is 1. The molecule has 0 spiro atoms. The number of rotatable bonds is 5. The Morgan fingerprint density at radius 1 is 1.40 bits per heavy atom. The lowest BCUT2D eigenvalue weighted by Crippen LogP contribution is -2.12. The highest BCUT2D eigenvalue weighted by atomic mass is 79.9. The third-order valence-electron chi connectivity index (χ3n) is 2.58. The van der Waals surface area contributed by atoms with E-state index < -0.39 is 6.04 Å². The highest BCUT2D eigenvalue weighted by Crippen LogP contribution is 2.23. The number of aromatic nitrogens is 2. The fraction of sp³-hybridized carbons (Fsp3) is 0.154. The van der Waals surface area contributed by atoms with Gasteiger partial charge in [-0.05, 0) is 24.5 Å². The Hall–Kier alpha value is -1.60. The molecule has 0 saturated heterocycles. The number of Topliss-reactive ketones (excluding diaryl/α,β-unsaturated/α-hetero) is 1. The minimum absolute atomic E-state index is 0.310. The molecule has 1 aromatic carbocycles. The third-order valence-corrected chi connectivity index (χ3v) is 3.64. The van der Waals surface area contributed by atoms with Crippen LogP contribution in [0.25, 0.3) is 0 Å². The van der Waals surface area contributed by atoms with E-state index in [0.717, 1.165) is 4.47 Å². The zero-order valence-electron chi connectivity index (χ0n) is 10.5. The molecule has 0 bridgehead atoms. The summed E-state index contributed by atoms with van der Waals surface area (Å²) in [6.07, 6.45) is 3.33. The average Bonchev–Trinajstić information content (AvgIpc) is 2.48. The summed E-state index contributed by atoms with van der Waals surface area (Å²) in [6.45, 7) is 0. The predicted molar refractivity (Wildman–Crippen MR) is 80.8 cm³/mol. The van der Waals surface area contributed by atoms with E-state index in [1.165, 1.54) is 24.0 Å². The van der Waals surface area contributed by atoms with Crippen molar-refractivity contribution in [2.45, 2.75) is 11.2 Å². The second-order valence-corrected chi connectivity index (χ2v) is 5.54. The van der Waals surface area contributed by atoms with E-state index in [1.807, 2.05) is 6.26 Å². The summed E-state index contributed by atoms with van der Waals surface area (Å²) < 4.78 is 0.764. The molecule has 0 saturated carbocycles. The van der Waals surface area contributed by atoms with E-state index in [4.69, 9.17) is 0 Å². The molecule has 0 amide bonds. The monoisotopic (exact) mass is 351 g/mol. The molecule has 20 heavy (non-hydrogen) atoms. The minimum Gasteiger partial charge on any atom is -0.291 e. The Balaban J connectivity index is 2.36. The zero-order chi connectivity index (χ0) is 14.5.